The molecule has 16 heavy (non-hydrogen) atoms. The van der Waals surface area contributed by atoms with Crippen LogP contribution in [0.3, 0.4) is 0 Å². The lowest BCUT2D eigenvalue weighted by atomic mass is 10.1. The van der Waals surface area contributed by atoms with Gasteiger partial charge in [0.2, 0.25) is 5.91 Å². The molecule has 0 aromatic carbocycles. The lowest BCUT2D eigenvalue weighted by Gasteiger charge is -2.08. The Bertz CT molecular complexity index is 474. The standard InChI is InChI=1S/C9H12N6O/c1-15-5-6(4-12-15)8(10)9(16)13-7-2-3-11-14-7/h2-5,8H,10H2,1H3,(H2,11,13,14,16). The zero-order chi connectivity index (χ0) is 11.5. The number of carbonyl (C=O) groups excluding carboxylic acids is 1. The molecule has 1 unspecified atom stereocenters. The lowest BCUT2D eigenvalue weighted by Crippen LogP contribution is -2.27. The molecule has 0 aliphatic heterocycles. The van der Waals surface area contributed by atoms with Crippen molar-refractivity contribution in [2.45, 2.75) is 6.04 Å². The Balaban J connectivity index is 2.05. The normalized spacial score (nSPS) is 12.4. The van der Waals surface area contributed by atoms with Gasteiger partial charge in [-0.15, -0.1) is 0 Å². The van der Waals surface area contributed by atoms with E-state index < -0.39 is 6.04 Å². The number of nitrogens with one attached hydrogen (secondary N) is 2. The first-order valence-corrected chi connectivity index (χ1v) is 4.71. The number of hydrogen-bond acceptors (Lipinski definition) is 4. The minimum atomic E-state index is -0.739. The molecule has 2 rings (SSSR count). The number of nitrogens with two attached hydrogens (primary N) is 1. The van der Waals surface area contributed by atoms with Gasteiger partial charge in [0, 0.05) is 24.9 Å². The molecule has 0 aliphatic carbocycles. The van der Waals surface area contributed by atoms with E-state index in [9.17, 15) is 4.79 Å². The van der Waals surface area contributed by atoms with Crippen LogP contribution < -0.4 is 11.1 Å². The third-order valence-electron chi connectivity index (χ3n) is 2.13. The number of hydrogen-bond donors (Lipinski definition) is 3. The van der Waals surface area contributed by atoms with Crippen molar-refractivity contribution >= 4 is 11.7 Å². The monoisotopic (exact) mass is 220 g/mol. The van der Waals surface area contributed by atoms with Gasteiger partial charge in [-0.05, 0) is 0 Å². The predicted molar refractivity (Wildman–Crippen MR) is 57.4 cm³/mol. The summed E-state index contributed by atoms with van der Waals surface area (Å²) in [5.41, 5.74) is 6.43. The number of H-pyrrole nitrogens is 1. The first-order chi connectivity index (χ1) is 7.66. The van der Waals surface area contributed by atoms with Crippen LogP contribution in [0.25, 0.3) is 0 Å². The van der Waals surface area contributed by atoms with E-state index in [1.165, 1.54) is 0 Å². The summed E-state index contributed by atoms with van der Waals surface area (Å²) >= 11 is 0. The van der Waals surface area contributed by atoms with Crippen molar-refractivity contribution in [3.63, 3.8) is 0 Å². The first kappa shape index (κ1) is 10.4. The van der Waals surface area contributed by atoms with Gasteiger partial charge in [-0.3, -0.25) is 14.6 Å². The van der Waals surface area contributed by atoms with E-state index in [0.717, 1.165) is 0 Å². The molecule has 0 fully saturated rings. The summed E-state index contributed by atoms with van der Waals surface area (Å²) in [6.07, 6.45) is 4.82. The highest BCUT2D eigenvalue weighted by Gasteiger charge is 2.17. The van der Waals surface area contributed by atoms with E-state index >= 15 is 0 Å². The van der Waals surface area contributed by atoms with Crippen LogP contribution in [0, 0.1) is 0 Å². The number of nitrogens with zero attached hydrogens (tertiary/aromatic N) is 3. The maximum atomic E-state index is 11.7. The fourth-order valence-electron chi connectivity index (χ4n) is 1.29. The Kier molecular flexibility index (Phi) is 2.69. The summed E-state index contributed by atoms with van der Waals surface area (Å²) in [6, 6.07) is 0.908. The minimum Gasteiger partial charge on any atom is -0.316 e. The van der Waals surface area contributed by atoms with Crippen LogP contribution in [-0.4, -0.2) is 25.9 Å². The second-order valence-electron chi connectivity index (χ2n) is 3.38. The van der Waals surface area contributed by atoms with Gasteiger partial charge in [0.1, 0.15) is 11.9 Å². The Hall–Kier alpha value is -2.15. The molecule has 1 atom stereocenters. The zero-order valence-corrected chi connectivity index (χ0v) is 8.71. The van der Waals surface area contributed by atoms with Gasteiger partial charge < -0.3 is 11.1 Å². The third-order valence-corrected chi connectivity index (χ3v) is 2.13. The smallest absolute Gasteiger partial charge is 0.247 e. The van der Waals surface area contributed by atoms with Crippen molar-refractivity contribution in [2.75, 3.05) is 5.32 Å². The van der Waals surface area contributed by atoms with Gasteiger partial charge in [0.25, 0.3) is 0 Å². The molecule has 4 N–H and O–H groups in total. The summed E-state index contributed by atoms with van der Waals surface area (Å²) in [5.74, 6) is 0.210. The molecule has 0 radical (unpaired) electrons. The molecule has 0 bridgehead atoms. The predicted octanol–water partition coefficient (Wildman–Crippen LogP) is -0.218. The molecule has 0 saturated heterocycles. The molecule has 0 spiro atoms. The maximum Gasteiger partial charge on any atom is 0.247 e. The van der Waals surface area contributed by atoms with E-state index in [0.29, 0.717) is 11.4 Å². The summed E-state index contributed by atoms with van der Waals surface area (Å²) in [7, 11) is 1.77. The number of aromatic amines is 1. The Morgan fingerprint density at radius 3 is 3.06 bits per heavy atom. The van der Waals surface area contributed by atoms with Crippen LogP contribution in [0.4, 0.5) is 5.82 Å². The van der Waals surface area contributed by atoms with Crippen molar-refractivity contribution in [3.05, 3.63) is 30.2 Å². The number of aryl methyl sites for hydroxylation is 1. The van der Waals surface area contributed by atoms with Crippen molar-refractivity contribution in [2.24, 2.45) is 12.8 Å². The van der Waals surface area contributed by atoms with E-state index in [-0.39, 0.29) is 5.91 Å². The molecule has 84 valence electrons. The molecular weight excluding hydrogens is 208 g/mol. The van der Waals surface area contributed by atoms with E-state index in [4.69, 9.17) is 5.73 Å². The maximum absolute atomic E-state index is 11.7. The summed E-state index contributed by atoms with van der Waals surface area (Å²) in [6.45, 7) is 0. The topological polar surface area (TPSA) is 102 Å². The van der Waals surface area contributed by atoms with Crippen molar-refractivity contribution in [1.82, 2.24) is 20.0 Å². The minimum absolute atomic E-state index is 0.308. The molecule has 7 nitrogen and oxygen atoms in total. The Morgan fingerprint density at radius 1 is 1.69 bits per heavy atom. The van der Waals surface area contributed by atoms with Gasteiger partial charge in [-0.2, -0.15) is 10.2 Å². The van der Waals surface area contributed by atoms with Gasteiger partial charge >= 0.3 is 0 Å². The highest BCUT2D eigenvalue weighted by atomic mass is 16.2. The molecule has 7 heteroatoms. The van der Waals surface area contributed by atoms with Crippen LogP contribution >= 0.6 is 0 Å². The summed E-state index contributed by atoms with van der Waals surface area (Å²) in [5, 5.41) is 12.9. The molecular formula is C9H12N6O. The van der Waals surface area contributed by atoms with Crippen LogP contribution in [0.1, 0.15) is 11.6 Å². The van der Waals surface area contributed by atoms with E-state index in [1.54, 1.807) is 36.4 Å². The van der Waals surface area contributed by atoms with E-state index in [2.05, 4.69) is 20.6 Å². The molecule has 2 aromatic heterocycles. The molecule has 2 heterocycles. The molecule has 0 saturated carbocycles. The molecule has 1 amide bonds. The SMILES string of the molecule is Cn1cc(C(N)C(=O)Nc2ccn[nH]2)cn1. The van der Waals surface area contributed by atoms with Crippen molar-refractivity contribution in [3.8, 4) is 0 Å². The highest BCUT2D eigenvalue weighted by molar-refractivity contribution is 5.94. The van der Waals surface area contributed by atoms with Gasteiger partial charge in [0.15, 0.2) is 0 Å². The van der Waals surface area contributed by atoms with Crippen molar-refractivity contribution < 1.29 is 4.79 Å². The number of amides is 1. The van der Waals surface area contributed by atoms with Crippen LogP contribution in [0.5, 0.6) is 0 Å². The molecule has 2 aromatic rings. The number of anilines is 1. The zero-order valence-electron chi connectivity index (χ0n) is 8.71. The number of aromatic nitrogens is 4. The average Bonchev–Trinajstić information content (AvgIpc) is 2.88. The van der Waals surface area contributed by atoms with Gasteiger partial charge in [-0.1, -0.05) is 0 Å². The lowest BCUT2D eigenvalue weighted by molar-refractivity contribution is -0.117. The third kappa shape index (κ3) is 2.09. The first-order valence-electron chi connectivity index (χ1n) is 4.71. The fraction of sp³-hybridized carbons (Fsp3) is 0.222. The molecule has 0 aliphatic rings. The van der Waals surface area contributed by atoms with Gasteiger partial charge in [0.05, 0.1) is 12.4 Å². The van der Waals surface area contributed by atoms with Gasteiger partial charge in [-0.25, -0.2) is 0 Å². The highest BCUT2D eigenvalue weighted by Crippen LogP contribution is 2.11. The van der Waals surface area contributed by atoms with E-state index in [1.807, 2.05) is 0 Å². The van der Waals surface area contributed by atoms with Crippen LogP contribution in [0.2, 0.25) is 0 Å². The van der Waals surface area contributed by atoms with Crippen LogP contribution in [-0.2, 0) is 11.8 Å². The van der Waals surface area contributed by atoms with Crippen LogP contribution in [0.15, 0.2) is 24.7 Å². The summed E-state index contributed by atoms with van der Waals surface area (Å²) in [4.78, 5) is 11.7. The number of rotatable bonds is 3. The second kappa shape index (κ2) is 4.15. The summed E-state index contributed by atoms with van der Waals surface area (Å²) < 4.78 is 1.60. The largest absolute Gasteiger partial charge is 0.316 e. The quantitative estimate of drug-likeness (QED) is 0.665. The average molecular weight is 220 g/mol. The second-order valence-corrected chi connectivity index (χ2v) is 3.38. The van der Waals surface area contributed by atoms with Crippen molar-refractivity contribution in [1.29, 1.82) is 0 Å². The fourth-order valence-corrected chi connectivity index (χ4v) is 1.29. The Morgan fingerprint density at radius 2 is 2.50 bits per heavy atom. The Labute approximate surface area is 91.6 Å². The number of carbonyl (C=O) groups is 1.